The minimum Gasteiger partial charge on any atom is -0.444 e. The van der Waals surface area contributed by atoms with Gasteiger partial charge in [-0.25, -0.2) is 4.79 Å². The second-order valence-corrected chi connectivity index (χ2v) is 15.3. The summed E-state index contributed by atoms with van der Waals surface area (Å²) in [4.78, 5) is 12.0. The van der Waals surface area contributed by atoms with Gasteiger partial charge in [-0.2, -0.15) is 0 Å². The molecule has 0 aromatic carbocycles. The molecule has 0 aliphatic heterocycles. The average Bonchev–Trinajstić information content (AvgIpc) is 2.40. The highest BCUT2D eigenvalue weighted by Gasteiger charge is 2.40. The van der Waals surface area contributed by atoms with Crippen LogP contribution < -0.4 is 5.32 Å². The van der Waals surface area contributed by atoms with Crippen molar-refractivity contribution in [2.45, 2.75) is 118 Å². The van der Waals surface area contributed by atoms with Crippen molar-refractivity contribution in [1.82, 2.24) is 5.32 Å². The molecule has 162 valence electrons. The topological polar surface area (TPSA) is 56.8 Å². The standard InChI is InChI=1S/C21H45NO4Si/c1-13-16(2)17(26-27(11,12)20(6,7)8)14-15-24-21(9,10)22-18(23)25-19(3,4)5/h16-17H,13-15H2,1-12H3,(H,22,23). The van der Waals surface area contributed by atoms with Crippen LogP contribution in [0.4, 0.5) is 4.79 Å². The number of hydrogen-bond acceptors (Lipinski definition) is 4. The third kappa shape index (κ3) is 10.5. The van der Waals surface area contributed by atoms with E-state index in [-0.39, 0.29) is 11.1 Å². The lowest BCUT2D eigenvalue weighted by atomic mass is 10.00. The van der Waals surface area contributed by atoms with Gasteiger partial charge in [-0.1, -0.05) is 41.0 Å². The third-order valence-electron chi connectivity index (χ3n) is 5.20. The van der Waals surface area contributed by atoms with E-state index in [9.17, 15) is 4.79 Å². The van der Waals surface area contributed by atoms with Crippen molar-refractivity contribution < 1.29 is 18.7 Å². The minimum atomic E-state index is -1.84. The Balaban J connectivity index is 4.78. The average molecular weight is 404 g/mol. The second-order valence-electron chi connectivity index (χ2n) is 10.6. The molecular formula is C21H45NO4Si. The molecule has 2 unspecified atom stereocenters. The van der Waals surface area contributed by atoms with Crippen LogP contribution in [-0.4, -0.2) is 38.4 Å². The number of carbonyl (C=O) groups excluding carboxylic acids is 1. The lowest BCUT2D eigenvalue weighted by molar-refractivity contribution is -0.0593. The highest BCUT2D eigenvalue weighted by atomic mass is 28.4. The van der Waals surface area contributed by atoms with Crippen molar-refractivity contribution >= 4 is 14.4 Å². The Morgan fingerprint density at radius 3 is 1.96 bits per heavy atom. The number of rotatable bonds is 9. The Morgan fingerprint density at radius 1 is 1.04 bits per heavy atom. The van der Waals surface area contributed by atoms with Gasteiger partial charge in [0, 0.05) is 6.10 Å². The zero-order chi connectivity index (χ0) is 21.7. The summed E-state index contributed by atoms with van der Waals surface area (Å²) in [6.45, 7) is 25.5. The van der Waals surface area contributed by atoms with Crippen LogP contribution >= 0.6 is 0 Å². The van der Waals surface area contributed by atoms with Gasteiger partial charge in [0.05, 0.1) is 6.61 Å². The van der Waals surface area contributed by atoms with Crippen LogP contribution in [0.3, 0.4) is 0 Å². The van der Waals surface area contributed by atoms with Crippen LogP contribution in [0.25, 0.3) is 0 Å². The van der Waals surface area contributed by atoms with Crippen molar-refractivity contribution in [3.05, 3.63) is 0 Å². The minimum absolute atomic E-state index is 0.160. The fraction of sp³-hybridized carbons (Fsp3) is 0.952. The quantitative estimate of drug-likeness (QED) is 0.374. The smallest absolute Gasteiger partial charge is 0.409 e. The molecule has 0 heterocycles. The second kappa shape index (κ2) is 9.75. The molecule has 0 aliphatic rings. The molecule has 0 saturated carbocycles. The molecule has 0 saturated heterocycles. The van der Waals surface area contributed by atoms with Crippen molar-refractivity contribution in [2.75, 3.05) is 6.61 Å². The van der Waals surface area contributed by atoms with E-state index in [4.69, 9.17) is 13.9 Å². The molecule has 0 rings (SSSR count). The van der Waals surface area contributed by atoms with Crippen molar-refractivity contribution in [1.29, 1.82) is 0 Å². The molecule has 0 radical (unpaired) electrons. The summed E-state index contributed by atoms with van der Waals surface area (Å²) in [7, 11) is -1.84. The van der Waals surface area contributed by atoms with Crippen molar-refractivity contribution in [3.63, 3.8) is 0 Å². The fourth-order valence-corrected chi connectivity index (χ4v) is 3.75. The summed E-state index contributed by atoms with van der Waals surface area (Å²) >= 11 is 0. The molecule has 0 aliphatic carbocycles. The van der Waals surface area contributed by atoms with Gasteiger partial charge in [-0.05, 0) is 65.1 Å². The lowest BCUT2D eigenvalue weighted by Gasteiger charge is -2.41. The maximum atomic E-state index is 12.0. The highest BCUT2D eigenvalue weighted by Crippen LogP contribution is 2.38. The van der Waals surface area contributed by atoms with E-state index in [0.717, 1.165) is 12.8 Å². The predicted octanol–water partition coefficient (Wildman–Crippen LogP) is 6.09. The summed E-state index contributed by atoms with van der Waals surface area (Å²) in [6.07, 6.45) is 1.57. The van der Waals surface area contributed by atoms with E-state index in [0.29, 0.717) is 12.5 Å². The van der Waals surface area contributed by atoms with Gasteiger partial charge in [0.25, 0.3) is 0 Å². The van der Waals surface area contributed by atoms with E-state index in [1.54, 1.807) is 0 Å². The SMILES string of the molecule is CCC(C)C(CCOC(C)(C)NC(=O)OC(C)(C)C)O[Si](C)(C)C(C)(C)C. The first-order valence-electron chi connectivity index (χ1n) is 10.2. The van der Waals surface area contributed by atoms with E-state index >= 15 is 0 Å². The normalized spacial score (nSPS) is 16.0. The van der Waals surface area contributed by atoms with Crippen LogP contribution in [0.1, 0.15) is 82.1 Å². The largest absolute Gasteiger partial charge is 0.444 e. The maximum Gasteiger partial charge on any atom is 0.409 e. The first kappa shape index (κ1) is 26.4. The monoisotopic (exact) mass is 403 g/mol. The van der Waals surface area contributed by atoms with Gasteiger partial charge in [-0.3, -0.25) is 5.32 Å². The summed E-state index contributed by atoms with van der Waals surface area (Å²) < 4.78 is 17.9. The Morgan fingerprint density at radius 2 is 1.56 bits per heavy atom. The van der Waals surface area contributed by atoms with Crippen LogP contribution in [0.15, 0.2) is 0 Å². The van der Waals surface area contributed by atoms with E-state index < -0.39 is 25.7 Å². The highest BCUT2D eigenvalue weighted by molar-refractivity contribution is 6.74. The Labute approximate surface area is 169 Å². The van der Waals surface area contributed by atoms with Gasteiger partial charge in [0.1, 0.15) is 11.3 Å². The van der Waals surface area contributed by atoms with Crippen LogP contribution in [0, 0.1) is 5.92 Å². The van der Waals surface area contributed by atoms with E-state index in [1.807, 2.05) is 34.6 Å². The number of amides is 1. The molecule has 0 fully saturated rings. The van der Waals surface area contributed by atoms with Crippen LogP contribution in [-0.2, 0) is 13.9 Å². The van der Waals surface area contributed by atoms with Crippen LogP contribution in [0.5, 0.6) is 0 Å². The fourth-order valence-electron chi connectivity index (χ4n) is 2.29. The number of nitrogens with one attached hydrogen (secondary N) is 1. The maximum absolute atomic E-state index is 12.0. The number of hydrogen-bond donors (Lipinski definition) is 1. The van der Waals surface area contributed by atoms with Crippen molar-refractivity contribution in [3.8, 4) is 0 Å². The summed E-state index contributed by atoms with van der Waals surface area (Å²) in [5.41, 5.74) is -1.32. The first-order valence-corrected chi connectivity index (χ1v) is 13.1. The molecule has 1 N–H and O–H groups in total. The molecule has 1 amide bonds. The molecule has 0 aromatic heterocycles. The zero-order valence-corrected chi connectivity index (χ0v) is 20.9. The Bertz CT molecular complexity index is 464. The van der Waals surface area contributed by atoms with Crippen molar-refractivity contribution in [2.24, 2.45) is 5.92 Å². The molecule has 0 bridgehead atoms. The van der Waals surface area contributed by atoms with Gasteiger partial charge in [0.15, 0.2) is 8.32 Å². The number of alkyl carbamates (subject to hydrolysis) is 1. The summed E-state index contributed by atoms with van der Waals surface area (Å²) in [5, 5.41) is 2.96. The number of carbonyl (C=O) groups is 1. The molecule has 27 heavy (non-hydrogen) atoms. The van der Waals surface area contributed by atoms with Gasteiger partial charge < -0.3 is 13.9 Å². The van der Waals surface area contributed by atoms with E-state index in [1.165, 1.54) is 0 Å². The third-order valence-corrected chi connectivity index (χ3v) is 9.70. The molecule has 2 atom stereocenters. The van der Waals surface area contributed by atoms with Crippen LogP contribution in [0.2, 0.25) is 18.1 Å². The molecule has 0 spiro atoms. The van der Waals surface area contributed by atoms with Gasteiger partial charge in [0.2, 0.25) is 0 Å². The Hall–Kier alpha value is -0.593. The predicted molar refractivity (Wildman–Crippen MR) is 116 cm³/mol. The Kier molecular flexibility index (Phi) is 9.53. The van der Waals surface area contributed by atoms with Gasteiger partial charge in [-0.15, -0.1) is 0 Å². The molecular weight excluding hydrogens is 358 g/mol. The molecule has 6 heteroatoms. The molecule has 0 aromatic rings. The lowest BCUT2D eigenvalue weighted by Crippen LogP contribution is -2.48. The zero-order valence-electron chi connectivity index (χ0n) is 19.9. The first-order chi connectivity index (χ1) is 11.9. The number of ether oxygens (including phenoxy) is 2. The molecule has 5 nitrogen and oxygen atoms in total. The van der Waals surface area contributed by atoms with Gasteiger partial charge >= 0.3 is 6.09 Å². The van der Waals surface area contributed by atoms with E-state index in [2.05, 4.69) is 53.0 Å². The summed E-state index contributed by atoms with van der Waals surface area (Å²) in [5.74, 6) is 0.463. The summed E-state index contributed by atoms with van der Waals surface area (Å²) in [6, 6.07) is 0.